The topological polar surface area (TPSA) is 136 Å². The maximum Gasteiger partial charge on any atom is 0.417 e. The average Bonchev–Trinajstić information content (AvgIpc) is 2.76. The normalized spacial score (nSPS) is 13.2. The van der Waals surface area contributed by atoms with Crippen molar-refractivity contribution in [3.05, 3.63) is 75.8 Å². The second-order valence-corrected chi connectivity index (χ2v) is 7.14. The molecule has 0 aliphatic carbocycles. The molecule has 0 spiro atoms. The van der Waals surface area contributed by atoms with Crippen molar-refractivity contribution in [2.75, 3.05) is 6.54 Å². The number of amides is 2. The molecule has 0 fully saturated rings. The SMILES string of the molecule is CC(=O)N(CC(F)(F)C(O)C(N)Cc1ccc([N+](=O)[O-])cc1)C(=O)OCc1ccccc1. The molecule has 2 aromatic rings. The Bertz CT molecular complexity index is 940. The van der Waals surface area contributed by atoms with Crippen molar-refractivity contribution in [3.63, 3.8) is 0 Å². The van der Waals surface area contributed by atoms with Crippen LogP contribution in [0.15, 0.2) is 54.6 Å². The number of aliphatic hydroxyl groups excluding tert-OH is 1. The Morgan fingerprint density at radius 3 is 2.28 bits per heavy atom. The molecular weight excluding hydrogens is 428 g/mol. The molecule has 2 rings (SSSR count). The molecule has 0 aromatic heterocycles. The molecule has 0 bridgehead atoms. The summed E-state index contributed by atoms with van der Waals surface area (Å²) in [5.74, 6) is -4.92. The number of carbonyl (C=O) groups excluding carboxylic acids is 2. The Labute approximate surface area is 182 Å². The lowest BCUT2D eigenvalue weighted by Crippen LogP contribution is -2.55. The highest BCUT2D eigenvalue weighted by molar-refractivity contribution is 5.90. The number of halogens is 2. The lowest BCUT2D eigenvalue weighted by molar-refractivity contribution is -0.384. The highest BCUT2D eigenvalue weighted by Crippen LogP contribution is 2.25. The fraction of sp³-hybridized carbons (Fsp3) is 0.333. The van der Waals surface area contributed by atoms with Gasteiger partial charge in [-0.05, 0) is 17.5 Å². The van der Waals surface area contributed by atoms with Crippen LogP contribution in [0, 0.1) is 10.1 Å². The van der Waals surface area contributed by atoms with Crippen molar-refractivity contribution in [3.8, 4) is 0 Å². The number of aliphatic hydroxyl groups is 1. The summed E-state index contributed by atoms with van der Waals surface area (Å²) in [6.07, 6.45) is -3.90. The van der Waals surface area contributed by atoms with Crippen LogP contribution < -0.4 is 5.73 Å². The van der Waals surface area contributed by atoms with Crippen LogP contribution in [0.25, 0.3) is 0 Å². The third kappa shape index (κ3) is 6.79. The van der Waals surface area contributed by atoms with Crippen LogP contribution in [0.3, 0.4) is 0 Å². The summed E-state index contributed by atoms with van der Waals surface area (Å²) < 4.78 is 34.2. The van der Waals surface area contributed by atoms with Crippen molar-refractivity contribution >= 4 is 17.7 Å². The molecule has 0 saturated carbocycles. The fourth-order valence-electron chi connectivity index (χ4n) is 2.86. The number of carbonyl (C=O) groups is 2. The Balaban J connectivity index is 2.02. The second kappa shape index (κ2) is 10.7. The molecule has 2 unspecified atom stereocenters. The van der Waals surface area contributed by atoms with Crippen LogP contribution in [0.1, 0.15) is 18.1 Å². The maximum atomic E-state index is 14.7. The number of ether oxygens (including phenoxy) is 1. The van der Waals surface area contributed by atoms with E-state index in [1.807, 2.05) is 0 Å². The Hall–Kier alpha value is -3.44. The molecule has 2 atom stereocenters. The minimum Gasteiger partial charge on any atom is -0.444 e. The number of non-ortho nitro benzene ring substituents is 1. The molecule has 2 aromatic carbocycles. The number of rotatable bonds is 9. The third-order valence-corrected chi connectivity index (χ3v) is 4.63. The third-order valence-electron chi connectivity index (χ3n) is 4.63. The summed E-state index contributed by atoms with van der Waals surface area (Å²) >= 11 is 0. The molecule has 2 amide bonds. The summed E-state index contributed by atoms with van der Waals surface area (Å²) in [5, 5.41) is 20.8. The highest BCUT2D eigenvalue weighted by atomic mass is 19.3. The fourth-order valence-corrected chi connectivity index (χ4v) is 2.86. The van der Waals surface area contributed by atoms with Gasteiger partial charge in [0.15, 0.2) is 0 Å². The van der Waals surface area contributed by atoms with Gasteiger partial charge in [0.2, 0.25) is 5.91 Å². The first-order chi connectivity index (χ1) is 15.0. The molecular formula is C21H23F2N3O6. The largest absolute Gasteiger partial charge is 0.444 e. The van der Waals surface area contributed by atoms with E-state index in [0.29, 0.717) is 11.1 Å². The Morgan fingerprint density at radius 2 is 1.75 bits per heavy atom. The van der Waals surface area contributed by atoms with E-state index in [9.17, 15) is 33.6 Å². The Kier molecular flexibility index (Phi) is 8.33. The van der Waals surface area contributed by atoms with Gasteiger partial charge in [0.1, 0.15) is 12.7 Å². The number of hydrogen-bond donors (Lipinski definition) is 2. The summed E-state index contributed by atoms with van der Waals surface area (Å²) in [7, 11) is 0. The monoisotopic (exact) mass is 451 g/mol. The highest BCUT2D eigenvalue weighted by Gasteiger charge is 2.45. The molecule has 172 valence electrons. The first-order valence-electron chi connectivity index (χ1n) is 9.55. The molecule has 0 heterocycles. The van der Waals surface area contributed by atoms with E-state index in [4.69, 9.17) is 10.5 Å². The number of alkyl halides is 2. The zero-order chi connectivity index (χ0) is 23.9. The van der Waals surface area contributed by atoms with Crippen LogP contribution in [0.2, 0.25) is 0 Å². The van der Waals surface area contributed by atoms with Crippen molar-refractivity contribution in [2.24, 2.45) is 5.73 Å². The molecule has 0 saturated heterocycles. The quantitative estimate of drug-likeness (QED) is 0.442. The van der Waals surface area contributed by atoms with Gasteiger partial charge in [-0.25, -0.2) is 18.5 Å². The van der Waals surface area contributed by atoms with Gasteiger partial charge in [0, 0.05) is 25.1 Å². The van der Waals surface area contributed by atoms with Crippen LogP contribution in [0.4, 0.5) is 19.3 Å². The number of benzene rings is 2. The zero-order valence-electron chi connectivity index (χ0n) is 17.2. The lowest BCUT2D eigenvalue weighted by Gasteiger charge is -2.30. The minimum absolute atomic E-state index is 0.181. The summed E-state index contributed by atoms with van der Waals surface area (Å²) in [6, 6.07) is 12.0. The van der Waals surface area contributed by atoms with Crippen LogP contribution >= 0.6 is 0 Å². The lowest BCUT2D eigenvalue weighted by atomic mass is 9.97. The molecule has 11 heteroatoms. The predicted molar refractivity (Wildman–Crippen MR) is 110 cm³/mol. The van der Waals surface area contributed by atoms with Gasteiger partial charge in [-0.2, -0.15) is 0 Å². The smallest absolute Gasteiger partial charge is 0.417 e. The van der Waals surface area contributed by atoms with Crippen LogP contribution in [-0.4, -0.2) is 51.5 Å². The zero-order valence-corrected chi connectivity index (χ0v) is 17.2. The molecule has 0 radical (unpaired) electrons. The maximum absolute atomic E-state index is 14.7. The number of hydrogen-bond acceptors (Lipinski definition) is 7. The Morgan fingerprint density at radius 1 is 1.16 bits per heavy atom. The van der Waals surface area contributed by atoms with Crippen molar-refractivity contribution in [2.45, 2.75) is 38.0 Å². The van der Waals surface area contributed by atoms with Crippen molar-refractivity contribution in [1.82, 2.24) is 4.90 Å². The standard InChI is InChI=1S/C21H23F2N3O6/c1-14(27)25(20(29)32-12-16-5-3-2-4-6-16)13-21(22,23)19(28)18(24)11-15-7-9-17(10-8-15)26(30)31/h2-10,18-19,28H,11-13,24H2,1H3. The number of nitrogens with two attached hydrogens (primary N) is 1. The molecule has 3 N–H and O–H groups in total. The van der Waals surface area contributed by atoms with Gasteiger partial charge in [0.05, 0.1) is 11.5 Å². The van der Waals surface area contributed by atoms with E-state index in [-0.39, 0.29) is 23.6 Å². The van der Waals surface area contributed by atoms with E-state index in [1.165, 1.54) is 24.3 Å². The van der Waals surface area contributed by atoms with E-state index in [2.05, 4.69) is 0 Å². The number of nitro groups is 1. The summed E-state index contributed by atoms with van der Waals surface area (Å²) in [6.45, 7) is -0.731. The van der Waals surface area contributed by atoms with Gasteiger partial charge in [-0.15, -0.1) is 0 Å². The van der Waals surface area contributed by atoms with Gasteiger partial charge in [-0.1, -0.05) is 42.5 Å². The van der Waals surface area contributed by atoms with Gasteiger partial charge < -0.3 is 15.6 Å². The van der Waals surface area contributed by atoms with Gasteiger partial charge >= 0.3 is 6.09 Å². The molecule has 9 nitrogen and oxygen atoms in total. The number of nitro benzene ring substituents is 1. The predicted octanol–water partition coefficient (Wildman–Crippen LogP) is 2.65. The van der Waals surface area contributed by atoms with Crippen LogP contribution in [-0.2, 0) is 22.6 Å². The summed E-state index contributed by atoms with van der Waals surface area (Å²) in [5.41, 5.74) is 6.52. The van der Waals surface area contributed by atoms with Crippen molar-refractivity contribution < 1.29 is 33.1 Å². The molecule has 32 heavy (non-hydrogen) atoms. The molecule has 0 aliphatic heterocycles. The first-order valence-corrected chi connectivity index (χ1v) is 9.55. The molecule has 0 aliphatic rings. The first kappa shape index (κ1) is 24.8. The summed E-state index contributed by atoms with van der Waals surface area (Å²) in [4.78, 5) is 34.2. The van der Waals surface area contributed by atoms with Crippen molar-refractivity contribution in [1.29, 1.82) is 0 Å². The van der Waals surface area contributed by atoms with E-state index < -0.39 is 41.5 Å². The van der Waals surface area contributed by atoms with Gasteiger partial charge in [-0.3, -0.25) is 14.9 Å². The second-order valence-electron chi connectivity index (χ2n) is 7.14. The van der Waals surface area contributed by atoms with E-state index >= 15 is 0 Å². The number of nitrogens with zero attached hydrogens (tertiary/aromatic N) is 2. The number of imide groups is 1. The van der Waals surface area contributed by atoms with Crippen LogP contribution in [0.5, 0.6) is 0 Å². The minimum atomic E-state index is -3.93. The van der Waals surface area contributed by atoms with E-state index in [0.717, 1.165) is 6.92 Å². The average molecular weight is 451 g/mol. The van der Waals surface area contributed by atoms with E-state index in [1.54, 1.807) is 30.3 Å². The van der Waals surface area contributed by atoms with Gasteiger partial charge in [0.25, 0.3) is 11.6 Å².